The third-order valence-corrected chi connectivity index (χ3v) is 4.83. The highest BCUT2D eigenvalue weighted by atomic mass is 15.1. The molecule has 0 aliphatic carbocycles. The lowest BCUT2D eigenvalue weighted by Gasteiger charge is -2.34. The van der Waals surface area contributed by atoms with Crippen LogP contribution >= 0.6 is 0 Å². The van der Waals surface area contributed by atoms with Crippen molar-refractivity contribution in [1.29, 1.82) is 0 Å². The molecule has 0 saturated carbocycles. The number of nitrogens with zero attached hydrogens (tertiary/aromatic N) is 2. The fourth-order valence-electron chi connectivity index (χ4n) is 3.35. The van der Waals surface area contributed by atoms with Crippen LogP contribution in [-0.4, -0.2) is 29.5 Å². The molecule has 3 nitrogen and oxygen atoms in total. The zero-order valence-electron chi connectivity index (χ0n) is 15.3. The van der Waals surface area contributed by atoms with Crippen LogP contribution in [0.15, 0.2) is 66.8 Å². The van der Waals surface area contributed by atoms with E-state index >= 15 is 0 Å². The molecule has 0 spiro atoms. The highest BCUT2D eigenvalue weighted by Crippen LogP contribution is 2.28. The number of pyridine rings is 1. The van der Waals surface area contributed by atoms with Gasteiger partial charge in [0.2, 0.25) is 0 Å². The lowest BCUT2D eigenvalue weighted by atomic mass is 9.94. The van der Waals surface area contributed by atoms with Crippen molar-refractivity contribution in [1.82, 2.24) is 15.2 Å². The maximum atomic E-state index is 4.20. The molecule has 130 valence electrons. The van der Waals surface area contributed by atoms with Gasteiger partial charge in [-0.05, 0) is 48.6 Å². The van der Waals surface area contributed by atoms with Crippen molar-refractivity contribution in [2.45, 2.75) is 26.7 Å². The second kappa shape index (κ2) is 8.02. The van der Waals surface area contributed by atoms with Crippen molar-refractivity contribution in [3.05, 3.63) is 83.5 Å². The highest BCUT2D eigenvalue weighted by molar-refractivity contribution is 5.73. The molecule has 0 radical (unpaired) electrons. The molecular weight excluding hydrogens is 306 g/mol. The third-order valence-electron chi connectivity index (χ3n) is 4.83. The van der Waals surface area contributed by atoms with Gasteiger partial charge in [-0.1, -0.05) is 36.9 Å². The maximum absolute atomic E-state index is 4.20. The van der Waals surface area contributed by atoms with Gasteiger partial charge >= 0.3 is 0 Å². The summed E-state index contributed by atoms with van der Waals surface area (Å²) in [4.78, 5) is 6.57. The van der Waals surface area contributed by atoms with Crippen LogP contribution in [0, 0.1) is 6.92 Å². The van der Waals surface area contributed by atoms with Crippen LogP contribution in [-0.2, 0) is 6.42 Å². The number of benzene rings is 1. The smallest absolute Gasteiger partial charge is 0.0449 e. The third kappa shape index (κ3) is 4.30. The van der Waals surface area contributed by atoms with Gasteiger partial charge in [-0.3, -0.25) is 4.98 Å². The Morgan fingerprint density at radius 2 is 2.08 bits per heavy atom. The molecule has 3 heteroatoms. The van der Waals surface area contributed by atoms with E-state index in [0.717, 1.165) is 38.2 Å². The Kier molecular flexibility index (Phi) is 5.54. The van der Waals surface area contributed by atoms with Crippen molar-refractivity contribution in [2.75, 3.05) is 19.6 Å². The fraction of sp³-hybridized carbons (Fsp3) is 0.318. The Balaban J connectivity index is 1.80. The SMILES string of the molecule is C=C(C)N1CCC(NCCc2cccnc2)=C(c2ccccc2C)C1. The molecule has 3 rings (SSSR count). The van der Waals surface area contributed by atoms with Gasteiger partial charge in [-0.2, -0.15) is 0 Å². The van der Waals surface area contributed by atoms with E-state index in [9.17, 15) is 0 Å². The summed E-state index contributed by atoms with van der Waals surface area (Å²) in [6.45, 7) is 11.3. The van der Waals surface area contributed by atoms with E-state index in [2.05, 4.69) is 66.0 Å². The van der Waals surface area contributed by atoms with E-state index in [-0.39, 0.29) is 0 Å². The summed E-state index contributed by atoms with van der Waals surface area (Å²) < 4.78 is 0. The predicted molar refractivity (Wildman–Crippen MR) is 105 cm³/mol. The summed E-state index contributed by atoms with van der Waals surface area (Å²) in [5, 5.41) is 3.70. The minimum Gasteiger partial charge on any atom is -0.388 e. The molecule has 0 amide bonds. The van der Waals surface area contributed by atoms with Crippen molar-refractivity contribution < 1.29 is 0 Å². The zero-order chi connectivity index (χ0) is 17.6. The second-order valence-corrected chi connectivity index (χ2v) is 6.72. The normalized spacial score (nSPS) is 14.6. The number of hydrogen-bond donors (Lipinski definition) is 1. The molecular formula is C22H27N3. The molecule has 0 saturated heterocycles. The van der Waals surface area contributed by atoms with Gasteiger partial charge in [0, 0.05) is 49.8 Å². The molecule has 1 aromatic heterocycles. The van der Waals surface area contributed by atoms with Crippen LogP contribution in [0.3, 0.4) is 0 Å². The first-order chi connectivity index (χ1) is 12.1. The van der Waals surface area contributed by atoms with Gasteiger partial charge in [-0.25, -0.2) is 0 Å². The largest absolute Gasteiger partial charge is 0.388 e. The summed E-state index contributed by atoms with van der Waals surface area (Å²) in [6.07, 6.45) is 5.79. The topological polar surface area (TPSA) is 28.2 Å². The average molecular weight is 333 g/mol. The van der Waals surface area contributed by atoms with E-state index in [1.807, 2.05) is 18.5 Å². The predicted octanol–water partition coefficient (Wildman–Crippen LogP) is 4.17. The average Bonchev–Trinajstić information content (AvgIpc) is 2.63. The van der Waals surface area contributed by atoms with Gasteiger partial charge in [0.05, 0.1) is 0 Å². The van der Waals surface area contributed by atoms with Crippen molar-refractivity contribution in [3.63, 3.8) is 0 Å². The molecule has 2 aromatic rings. The molecule has 0 atom stereocenters. The Labute approximate surface area is 151 Å². The molecule has 1 N–H and O–H groups in total. The van der Waals surface area contributed by atoms with Gasteiger partial charge in [-0.15, -0.1) is 0 Å². The van der Waals surface area contributed by atoms with Crippen molar-refractivity contribution >= 4 is 5.57 Å². The van der Waals surface area contributed by atoms with E-state index in [1.165, 1.54) is 28.0 Å². The van der Waals surface area contributed by atoms with Crippen LogP contribution in [0.5, 0.6) is 0 Å². The van der Waals surface area contributed by atoms with Crippen LogP contribution in [0.25, 0.3) is 5.57 Å². The maximum Gasteiger partial charge on any atom is 0.0449 e. The van der Waals surface area contributed by atoms with Gasteiger partial charge in [0.15, 0.2) is 0 Å². The molecule has 2 heterocycles. The number of aryl methyl sites for hydroxylation is 1. The van der Waals surface area contributed by atoms with Gasteiger partial charge in [0.1, 0.15) is 0 Å². The standard InChI is InChI=1S/C22H27N3/c1-17(2)25-14-11-22(24-13-10-19-8-6-12-23-15-19)21(16-25)20-9-5-4-7-18(20)3/h4-9,12,15,24H,1,10-11,13-14,16H2,2-3H3. The monoisotopic (exact) mass is 333 g/mol. The first-order valence-electron chi connectivity index (χ1n) is 8.96. The summed E-state index contributed by atoms with van der Waals surface area (Å²) in [5.74, 6) is 0. The van der Waals surface area contributed by atoms with E-state index in [1.54, 1.807) is 0 Å². The molecule has 0 fully saturated rings. The number of nitrogens with one attached hydrogen (secondary N) is 1. The van der Waals surface area contributed by atoms with Crippen LogP contribution in [0.1, 0.15) is 30.0 Å². The first-order valence-corrected chi connectivity index (χ1v) is 8.96. The summed E-state index contributed by atoms with van der Waals surface area (Å²) >= 11 is 0. The van der Waals surface area contributed by atoms with Crippen LogP contribution in [0.4, 0.5) is 0 Å². The van der Waals surface area contributed by atoms with Crippen molar-refractivity contribution in [2.24, 2.45) is 0 Å². The number of hydrogen-bond acceptors (Lipinski definition) is 3. The van der Waals surface area contributed by atoms with E-state index in [4.69, 9.17) is 0 Å². The molecule has 1 aromatic carbocycles. The van der Waals surface area contributed by atoms with E-state index < -0.39 is 0 Å². The van der Waals surface area contributed by atoms with Crippen LogP contribution in [0.2, 0.25) is 0 Å². The van der Waals surface area contributed by atoms with Crippen LogP contribution < -0.4 is 5.32 Å². The second-order valence-electron chi connectivity index (χ2n) is 6.72. The Hall–Kier alpha value is -2.55. The Bertz CT molecular complexity index is 762. The molecule has 0 unspecified atom stereocenters. The minimum absolute atomic E-state index is 0.926. The quantitative estimate of drug-likeness (QED) is 0.860. The number of aromatic nitrogens is 1. The Morgan fingerprint density at radius 1 is 1.24 bits per heavy atom. The minimum atomic E-state index is 0.926. The number of allylic oxidation sites excluding steroid dienone is 1. The lowest BCUT2D eigenvalue weighted by Crippen LogP contribution is -2.33. The lowest BCUT2D eigenvalue weighted by molar-refractivity contribution is 0.372. The molecule has 1 aliphatic heterocycles. The number of rotatable bonds is 6. The molecule has 0 bridgehead atoms. The fourth-order valence-corrected chi connectivity index (χ4v) is 3.35. The summed E-state index contributed by atoms with van der Waals surface area (Å²) in [6, 6.07) is 12.8. The van der Waals surface area contributed by atoms with Gasteiger partial charge in [0.25, 0.3) is 0 Å². The molecule has 25 heavy (non-hydrogen) atoms. The Morgan fingerprint density at radius 3 is 2.80 bits per heavy atom. The van der Waals surface area contributed by atoms with Crippen molar-refractivity contribution in [3.8, 4) is 0 Å². The highest BCUT2D eigenvalue weighted by Gasteiger charge is 2.20. The van der Waals surface area contributed by atoms with Gasteiger partial charge < -0.3 is 10.2 Å². The summed E-state index contributed by atoms with van der Waals surface area (Å²) in [7, 11) is 0. The zero-order valence-corrected chi connectivity index (χ0v) is 15.3. The first kappa shape index (κ1) is 17.3. The summed E-state index contributed by atoms with van der Waals surface area (Å²) in [5.41, 5.74) is 7.85. The van der Waals surface area contributed by atoms with E-state index in [0.29, 0.717) is 0 Å². The molecule has 1 aliphatic rings.